The topological polar surface area (TPSA) is 12.9 Å². The molecular formula is C26H33GeN. The summed E-state index contributed by atoms with van der Waals surface area (Å²) < 4.78 is 10.6. The van der Waals surface area contributed by atoms with E-state index in [4.69, 9.17) is 4.98 Å². The van der Waals surface area contributed by atoms with Gasteiger partial charge >= 0.3 is 175 Å². The Balaban J connectivity index is 2.17. The van der Waals surface area contributed by atoms with Crippen LogP contribution in [0, 0.1) is 5.41 Å². The van der Waals surface area contributed by atoms with Gasteiger partial charge in [-0.1, -0.05) is 0 Å². The second-order valence-corrected chi connectivity index (χ2v) is 20.3. The summed E-state index contributed by atoms with van der Waals surface area (Å²) in [5.41, 5.74) is 5.43. The number of hydrogen-bond acceptors (Lipinski definition) is 1. The van der Waals surface area contributed by atoms with Gasteiger partial charge in [-0.25, -0.2) is 0 Å². The summed E-state index contributed by atoms with van der Waals surface area (Å²) in [6.07, 6.45) is 2.07. The van der Waals surface area contributed by atoms with Crippen LogP contribution >= 0.6 is 0 Å². The summed E-state index contributed by atoms with van der Waals surface area (Å²) in [6.45, 7) is 8.55. The van der Waals surface area contributed by atoms with Crippen molar-refractivity contribution in [2.75, 3.05) is 0 Å². The molecule has 1 nitrogen and oxygen atoms in total. The van der Waals surface area contributed by atoms with Crippen LogP contribution in [0.4, 0.5) is 0 Å². The van der Waals surface area contributed by atoms with Crippen LogP contribution in [0.2, 0.25) is 17.3 Å². The van der Waals surface area contributed by atoms with Crippen LogP contribution < -0.4 is 4.40 Å². The van der Waals surface area contributed by atoms with Gasteiger partial charge in [-0.05, 0) is 0 Å². The van der Waals surface area contributed by atoms with Crippen LogP contribution in [-0.2, 0) is 0 Å². The third kappa shape index (κ3) is 4.57. The van der Waals surface area contributed by atoms with E-state index in [9.17, 15) is 1.37 Å². The van der Waals surface area contributed by atoms with Gasteiger partial charge in [0.15, 0.2) is 0 Å². The SMILES string of the molecule is [2H]C(C)(c1cc(-c2cccc(-c3ccccc3)c2)nc[c]1[Ge]([CH3])([CH3])[CH3])C(C)(C)C. The number of benzene rings is 2. The van der Waals surface area contributed by atoms with Crippen LogP contribution in [0.5, 0.6) is 0 Å². The molecule has 0 amide bonds. The second-order valence-electron chi connectivity index (χ2n) is 9.69. The standard InChI is InChI=1S/C26H33GeN/c1-19(26(2,3)4)23-17-25(28-18-24(23)27(5,6)7)22-15-11-14-21(16-22)20-12-9-8-10-13-20/h8-19H,1-7H3/i19D. The molecule has 2 heteroatoms. The first-order valence-electron chi connectivity index (χ1n) is 10.6. The zero-order valence-electron chi connectivity index (χ0n) is 19.3. The molecule has 1 atom stereocenters. The fourth-order valence-corrected chi connectivity index (χ4v) is 6.60. The van der Waals surface area contributed by atoms with Gasteiger partial charge in [-0.2, -0.15) is 0 Å². The third-order valence-corrected chi connectivity index (χ3v) is 9.73. The molecule has 0 saturated carbocycles. The molecule has 0 radical (unpaired) electrons. The number of pyridine rings is 1. The van der Waals surface area contributed by atoms with Crippen LogP contribution in [0.15, 0.2) is 66.9 Å². The minimum absolute atomic E-state index is 0.167. The molecule has 1 heterocycles. The van der Waals surface area contributed by atoms with Crippen molar-refractivity contribution in [1.82, 2.24) is 4.98 Å². The molecule has 0 aliphatic heterocycles. The summed E-state index contributed by atoms with van der Waals surface area (Å²) in [5.74, 6) is 6.47. The number of aromatic nitrogens is 1. The first-order chi connectivity index (χ1) is 13.4. The zero-order chi connectivity index (χ0) is 21.4. The van der Waals surface area contributed by atoms with E-state index in [0.29, 0.717) is 0 Å². The molecule has 0 spiro atoms. The Hall–Kier alpha value is -1.87. The van der Waals surface area contributed by atoms with E-state index in [-0.39, 0.29) is 5.41 Å². The van der Waals surface area contributed by atoms with Gasteiger partial charge in [0.2, 0.25) is 0 Å². The molecule has 3 aromatic rings. The predicted molar refractivity (Wildman–Crippen MR) is 126 cm³/mol. The van der Waals surface area contributed by atoms with Gasteiger partial charge in [0, 0.05) is 0 Å². The van der Waals surface area contributed by atoms with E-state index in [1.165, 1.54) is 15.5 Å². The summed E-state index contributed by atoms with van der Waals surface area (Å²) >= 11 is -2.18. The van der Waals surface area contributed by atoms with Crippen LogP contribution in [0.25, 0.3) is 22.4 Å². The first-order valence-corrected chi connectivity index (χ1v) is 17.4. The molecule has 0 saturated heterocycles. The average Bonchev–Trinajstić information content (AvgIpc) is 2.67. The molecule has 0 fully saturated rings. The average molecular weight is 433 g/mol. The van der Waals surface area contributed by atoms with Crippen molar-refractivity contribution in [3.63, 3.8) is 0 Å². The molecule has 0 aliphatic rings. The maximum atomic E-state index is 9.28. The van der Waals surface area contributed by atoms with Crippen molar-refractivity contribution >= 4 is 17.7 Å². The van der Waals surface area contributed by atoms with Crippen LogP contribution in [-0.4, -0.2) is 18.3 Å². The van der Waals surface area contributed by atoms with Crippen molar-refractivity contribution in [3.05, 3.63) is 72.4 Å². The normalized spacial score (nSPS) is 15.0. The van der Waals surface area contributed by atoms with Crippen LogP contribution in [0.1, 0.15) is 40.5 Å². The molecule has 2 aromatic carbocycles. The Morgan fingerprint density at radius 1 is 0.857 bits per heavy atom. The van der Waals surface area contributed by atoms with E-state index < -0.39 is 19.2 Å². The van der Waals surface area contributed by atoms with E-state index in [1.54, 1.807) is 0 Å². The zero-order valence-corrected chi connectivity index (χ0v) is 20.4. The molecule has 0 bridgehead atoms. The summed E-state index contributed by atoms with van der Waals surface area (Å²) in [6, 6.07) is 21.2. The summed E-state index contributed by atoms with van der Waals surface area (Å²) in [4.78, 5) is 4.87. The van der Waals surface area contributed by atoms with Crippen molar-refractivity contribution in [3.8, 4) is 22.4 Å². The molecule has 0 aliphatic carbocycles. The number of rotatable bonds is 4. The van der Waals surface area contributed by atoms with Crippen molar-refractivity contribution in [2.24, 2.45) is 5.41 Å². The first kappa shape index (κ1) is 19.4. The number of nitrogens with zero attached hydrogens (tertiary/aromatic N) is 1. The van der Waals surface area contributed by atoms with Crippen molar-refractivity contribution in [2.45, 2.75) is 50.9 Å². The Kier molecular flexibility index (Phi) is 5.46. The number of hydrogen-bond donors (Lipinski definition) is 0. The molecule has 1 aromatic heterocycles. The van der Waals surface area contributed by atoms with Gasteiger partial charge in [-0.3, -0.25) is 0 Å². The summed E-state index contributed by atoms with van der Waals surface area (Å²) in [7, 11) is 0. The van der Waals surface area contributed by atoms with Crippen molar-refractivity contribution in [1.29, 1.82) is 0 Å². The molecule has 0 N–H and O–H groups in total. The molecular weight excluding hydrogens is 399 g/mol. The fourth-order valence-electron chi connectivity index (χ4n) is 3.41. The summed E-state index contributed by atoms with van der Waals surface area (Å²) in [5, 5.41) is 0. The van der Waals surface area contributed by atoms with E-state index >= 15 is 0 Å². The minimum atomic E-state index is -2.18. The van der Waals surface area contributed by atoms with Crippen LogP contribution in [0.3, 0.4) is 0 Å². The van der Waals surface area contributed by atoms with Crippen molar-refractivity contribution < 1.29 is 1.37 Å². The maximum absolute atomic E-state index is 9.28. The molecule has 3 rings (SSSR count). The van der Waals surface area contributed by atoms with Gasteiger partial charge in [0.05, 0.1) is 0 Å². The Bertz CT molecular complexity index is 995. The Morgan fingerprint density at radius 2 is 1.46 bits per heavy atom. The van der Waals surface area contributed by atoms with E-state index in [2.05, 4.69) is 106 Å². The molecule has 28 heavy (non-hydrogen) atoms. The third-order valence-electron chi connectivity index (χ3n) is 5.51. The molecule has 1 unspecified atom stereocenters. The second kappa shape index (κ2) is 7.87. The van der Waals surface area contributed by atoms with Gasteiger partial charge in [0.25, 0.3) is 0 Å². The monoisotopic (exact) mass is 434 g/mol. The van der Waals surface area contributed by atoms with E-state index in [1.807, 2.05) is 6.07 Å². The van der Waals surface area contributed by atoms with Gasteiger partial charge in [-0.15, -0.1) is 0 Å². The Labute approximate surface area is 175 Å². The quantitative estimate of drug-likeness (QED) is 0.400. The Morgan fingerprint density at radius 3 is 2.07 bits per heavy atom. The predicted octanol–water partition coefficient (Wildman–Crippen LogP) is 7.11. The van der Waals surface area contributed by atoms with E-state index in [0.717, 1.165) is 16.8 Å². The fraction of sp³-hybridized carbons (Fsp3) is 0.346. The molecule has 146 valence electrons. The van der Waals surface area contributed by atoms with Gasteiger partial charge in [0.1, 0.15) is 0 Å². The van der Waals surface area contributed by atoms with Gasteiger partial charge < -0.3 is 0 Å².